The van der Waals surface area contributed by atoms with Gasteiger partial charge >= 0.3 is 0 Å². The molecule has 0 aliphatic heterocycles. The Balaban J connectivity index is 1.84. The Morgan fingerprint density at radius 2 is 1.70 bits per heavy atom. The van der Waals surface area contributed by atoms with Crippen molar-refractivity contribution in [2.75, 3.05) is 6.54 Å². The van der Waals surface area contributed by atoms with Crippen molar-refractivity contribution >= 4 is 39.1 Å². The van der Waals surface area contributed by atoms with Crippen LogP contribution in [0, 0.1) is 6.92 Å². The normalized spacial score (nSPS) is 15.3. The molecule has 5 nitrogen and oxygen atoms in total. The molecule has 3 rings (SSSR count). The Morgan fingerprint density at radius 1 is 1.03 bits per heavy atom. The lowest BCUT2D eigenvalue weighted by molar-refractivity contribution is -0.122. The molecule has 0 atom stereocenters. The minimum absolute atomic E-state index is 0.0190. The zero-order valence-electron chi connectivity index (χ0n) is 16.9. The van der Waals surface area contributed by atoms with Crippen molar-refractivity contribution in [2.45, 2.75) is 56.5 Å². The van der Waals surface area contributed by atoms with Crippen LogP contribution in [0.25, 0.3) is 0 Å². The lowest BCUT2D eigenvalue weighted by Gasteiger charge is -2.26. The quantitative estimate of drug-likeness (QED) is 0.625. The summed E-state index contributed by atoms with van der Waals surface area (Å²) in [4.78, 5) is 12.9. The smallest absolute Gasteiger partial charge is 0.243 e. The lowest BCUT2D eigenvalue weighted by Crippen LogP contribution is -2.44. The highest BCUT2D eigenvalue weighted by molar-refractivity contribution is 7.89. The van der Waals surface area contributed by atoms with Crippen LogP contribution in [0.2, 0.25) is 10.0 Å². The van der Waals surface area contributed by atoms with Gasteiger partial charge in [-0.05, 0) is 49.6 Å². The van der Waals surface area contributed by atoms with E-state index in [9.17, 15) is 13.2 Å². The summed E-state index contributed by atoms with van der Waals surface area (Å²) in [5.74, 6) is -0.294. The van der Waals surface area contributed by atoms with E-state index in [2.05, 4.69) is 5.32 Å². The highest BCUT2D eigenvalue weighted by atomic mass is 35.5. The number of amides is 1. The van der Waals surface area contributed by atoms with Gasteiger partial charge < -0.3 is 5.32 Å². The van der Waals surface area contributed by atoms with Crippen LogP contribution >= 0.6 is 23.2 Å². The summed E-state index contributed by atoms with van der Waals surface area (Å²) in [6, 6.07) is 11.7. The van der Waals surface area contributed by atoms with Gasteiger partial charge in [-0.15, -0.1) is 0 Å². The molecule has 1 aliphatic rings. The van der Waals surface area contributed by atoms with Gasteiger partial charge in [0.15, 0.2) is 0 Å². The van der Waals surface area contributed by atoms with Crippen molar-refractivity contribution in [1.82, 2.24) is 9.62 Å². The summed E-state index contributed by atoms with van der Waals surface area (Å²) >= 11 is 12.1. The molecule has 0 aromatic heterocycles. The number of sulfonamides is 1. The molecule has 1 aliphatic carbocycles. The van der Waals surface area contributed by atoms with Crippen molar-refractivity contribution in [2.24, 2.45) is 0 Å². The number of carbonyl (C=O) groups is 1. The highest BCUT2D eigenvalue weighted by Gasteiger charge is 2.28. The number of benzene rings is 2. The number of nitrogens with one attached hydrogen (secondary N) is 1. The fourth-order valence-electron chi connectivity index (χ4n) is 3.61. The third-order valence-corrected chi connectivity index (χ3v) is 7.84. The minimum Gasteiger partial charge on any atom is -0.352 e. The first kappa shape index (κ1) is 23.1. The van der Waals surface area contributed by atoms with Gasteiger partial charge in [-0.2, -0.15) is 4.31 Å². The zero-order valence-corrected chi connectivity index (χ0v) is 19.2. The minimum atomic E-state index is -3.88. The summed E-state index contributed by atoms with van der Waals surface area (Å²) in [6.45, 7) is 1.65. The van der Waals surface area contributed by atoms with E-state index in [0.717, 1.165) is 31.2 Å². The van der Waals surface area contributed by atoms with Crippen LogP contribution in [-0.2, 0) is 21.4 Å². The van der Waals surface area contributed by atoms with Crippen LogP contribution in [0.5, 0.6) is 0 Å². The molecule has 0 heterocycles. The van der Waals surface area contributed by atoms with Crippen molar-refractivity contribution < 1.29 is 13.2 Å². The maximum Gasteiger partial charge on any atom is 0.243 e. The molecule has 1 fully saturated rings. The molecule has 0 saturated heterocycles. The Bertz CT molecular complexity index is 988. The van der Waals surface area contributed by atoms with E-state index in [1.807, 2.05) is 6.92 Å². The highest BCUT2D eigenvalue weighted by Crippen LogP contribution is 2.25. The molecule has 2 aromatic carbocycles. The van der Waals surface area contributed by atoms with Crippen LogP contribution < -0.4 is 5.32 Å². The Morgan fingerprint density at radius 3 is 2.33 bits per heavy atom. The topological polar surface area (TPSA) is 66.5 Å². The molecule has 0 bridgehead atoms. The van der Waals surface area contributed by atoms with E-state index in [1.165, 1.54) is 10.7 Å². The van der Waals surface area contributed by atoms with E-state index in [4.69, 9.17) is 23.2 Å². The maximum absolute atomic E-state index is 13.3. The van der Waals surface area contributed by atoms with E-state index in [-0.39, 0.29) is 29.9 Å². The summed E-state index contributed by atoms with van der Waals surface area (Å²) in [5, 5.41) is 3.73. The van der Waals surface area contributed by atoms with E-state index < -0.39 is 10.0 Å². The molecule has 0 spiro atoms. The summed E-state index contributed by atoms with van der Waals surface area (Å²) < 4.78 is 27.8. The Hall–Kier alpha value is -1.60. The first-order chi connectivity index (χ1) is 14.3. The number of aryl methyl sites for hydroxylation is 1. The second-order valence-corrected chi connectivity index (χ2v) is 10.5. The van der Waals surface area contributed by atoms with Gasteiger partial charge in [0, 0.05) is 12.6 Å². The van der Waals surface area contributed by atoms with Crippen LogP contribution in [-0.4, -0.2) is 31.2 Å². The number of halogens is 2. The standard InChI is InChI=1S/C22H26Cl2N2O3S/c1-16-7-10-19(11-8-16)30(28,29)26(14-17-9-12-20(23)21(24)13-17)15-22(27)25-18-5-3-2-4-6-18/h7-13,18H,2-6,14-15H2,1H3,(H,25,27). The molecule has 2 aromatic rings. The summed E-state index contributed by atoms with van der Waals surface area (Å²) in [7, 11) is -3.88. The monoisotopic (exact) mass is 468 g/mol. The molecule has 0 radical (unpaired) electrons. The van der Waals surface area contributed by atoms with Crippen molar-refractivity contribution in [1.29, 1.82) is 0 Å². The van der Waals surface area contributed by atoms with Gasteiger partial charge in [0.2, 0.25) is 15.9 Å². The van der Waals surface area contributed by atoms with Crippen molar-refractivity contribution in [3.63, 3.8) is 0 Å². The van der Waals surface area contributed by atoms with Gasteiger partial charge in [-0.25, -0.2) is 8.42 Å². The van der Waals surface area contributed by atoms with Gasteiger partial charge in [0.1, 0.15) is 0 Å². The van der Waals surface area contributed by atoms with E-state index in [1.54, 1.807) is 42.5 Å². The third-order valence-electron chi connectivity index (χ3n) is 5.29. The number of hydrogen-bond donors (Lipinski definition) is 1. The number of hydrogen-bond acceptors (Lipinski definition) is 3. The molecule has 1 amide bonds. The fraction of sp³-hybridized carbons (Fsp3) is 0.409. The zero-order chi connectivity index (χ0) is 21.7. The van der Waals surface area contributed by atoms with Gasteiger partial charge in [0.05, 0.1) is 21.5 Å². The second kappa shape index (κ2) is 10.1. The lowest BCUT2D eigenvalue weighted by atomic mass is 9.95. The van der Waals surface area contributed by atoms with E-state index >= 15 is 0 Å². The molecule has 8 heteroatoms. The van der Waals surface area contributed by atoms with Crippen molar-refractivity contribution in [3.8, 4) is 0 Å². The molecule has 0 unspecified atom stereocenters. The predicted molar refractivity (Wildman–Crippen MR) is 120 cm³/mol. The molecular formula is C22H26Cl2N2O3S. The van der Waals surface area contributed by atoms with E-state index in [0.29, 0.717) is 15.6 Å². The average molecular weight is 469 g/mol. The third kappa shape index (κ3) is 5.97. The first-order valence-electron chi connectivity index (χ1n) is 10.1. The maximum atomic E-state index is 13.3. The van der Waals surface area contributed by atoms with Crippen LogP contribution in [0.4, 0.5) is 0 Å². The van der Waals surface area contributed by atoms with Crippen molar-refractivity contribution in [3.05, 3.63) is 63.6 Å². The summed E-state index contributed by atoms with van der Waals surface area (Å²) in [5.41, 5.74) is 1.62. The fourth-order valence-corrected chi connectivity index (χ4v) is 5.31. The Labute approximate surface area is 188 Å². The summed E-state index contributed by atoms with van der Waals surface area (Å²) in [6.07, 6.45) is 5.21. The molecule has 30 heavy (non-hydrogen) atoms. The first-order valence-corrected chi connectivity index (χ1v) is 12.3. The Kier molecular flexibility index (Phi) is 7.80. The largest absolute Gasteiger partial charge is 0.352 e. The molecule has 1 N–H and O–H groups in total. The van der Waals surface area contributed by atoms with Gasteiger partial charge in [-0.1, -0.05) is 66.2 Å². The van der Waals surface area contributed by atoms with Crippen LogP contribution in [0.1, 0.15) is 43.2 Å². The predicted octanol–water partition coefficient (Wildman–Crippen LogP) is 4.94. The molecule has 162 valence electrons. The second-order valence-electron chi connectivity index (χ2n) is 7.74. The van der Waals surface area contributed by atoms with Gasteiger partial charge in [0.25, 0.3) is 0 Å². The van der Waals surface area contributed by atoms with Crippen LogP contribution in [0.15, 0.2) is 47.4 Å². The number of carbonyl (C=O) groups excluding carboxylic acids is 1. The van der Waals surface area contributed by atoms with Crippen LogP contribution in [0.3, 0.4) is 0 Å². The SMILES string of the molecule is Cc1ccc(S(=O)(=O)N(CC(=O)NC2CCCCC2)Cc2ccc(Cl)c(Cl)c2)cc1. The number of rotatable bonds is 7. The molecular weight excluding hydrogens is 443 g/mol. The average Bonchev–Trinajstić information content (AvgIpc) is 2.71. The molecule has 1 saturated carbocycles. The van der Waals surface area contributed by atoms with Gasteiger partial charge in [-0.3, -0.25) is 4.79 Å². The number of nitrogens with zero attached hydrogens (tertiary/aromatic N) is 1.